The fourth-order valence-electron chi connectivity index (χ4n) is 2.51. The van der Waals surface area contributed by atoms with Crippen LogP contribution in [0.3, 0.4) is 0 Å². The van der Waals surface area contributed by atoms with Gasteiger partial charge in [0.1, 0.15) is 5.82 Å². The molecule has 0 aliphatic rings. The first-order valence-corrected chi connectivity index (χ1v) is 7.15. The second kappa shape index (κ2) is 7.36. The second-order valence-electron chi connectivity index (χ2n) is 5.27. The summed E-state index contributed by atoms with van der Waals surface area (Å²) in [5, 5.41) is 20.5. The first kappa shape index (κ1) is 15.7. The lowest BCUT2D eigenvalue weighted by Crippen LogP contribution is -2.29. The van der Waals surface area contributed by atoms with Gasteiger partial charge < -0.3 is 15.1 Å². The van der Waals surface area contributed by atoms with E-state index >= 15 is 0 Å². The van der Waals surface area contributed by atoms with E-state index in [1.165, 1.54) is 0 Å². The lowest BCUT2D eigenvalue weighted by Gasteiger charge is -2.22. The average Bonchev–Trinajstić information content (AvgIpc) is 2.47. The maximum Gasteiger partial charge on any atom is 0.135 e. The number of anilines is 1. The van der Waals surface area contributed by atoms with Crippen LogP contribution in [0.1, 0.15) is 5.56 Å². The summed E-state index contributed by atoms with van der Waals surface area (Å²) in [6, 6.07) is 8.20. The van der Waals surface area contributed by atoms with Crippen LogP contribution in [0.4, 0.5) is 5.82 Å². The van der Waals surface area contributed by atoms with Gasteiger partial charge in [-0.15, -0.1) is 0 Å². The topological polar surface area (TPSA) is 59.8 Å². The van der Waals surface area contributed by atoms with Crippen molar-refractivity contribution >= 4 is 16.6 Å². The van der Waals surface area contributed by atoms with Crippen molar-refractivity contribution in [2.45, 2.75) is 6.54 Å². The first-order chi connectivity index (χ1) is 10.2. The average molecular weight is 289 g/mol. The molecule has 2 aromatic rings. The van der Waals surface area contributed by atoms with Gasteiger partial charge in [-0.3, -0.25) is 4.90 Å². The van der Waals surface area contributed by atoms with Crippen LogP contribution in [0.15, 0.2) is 30.5 Å². The number of benzene rings is 1. The van der Waals surface area contributed by atoms with Crippen molar-refractivity contribution in [3.8, 4) is 0 Å². The summed E-state index contributed by atoms with van der Waals surface area (Å²) in [6.07, 6.45) is 1.89. The molecule has 0 radical (unpaired) electrons. The van der Waals surface area contributed by atoms with Crippen LogP contribution in [-0.2, 0) is 6.54 Å². The number of fused-ring (bicyclic) bond motifs is 1. The summed E-state index contributed by atoms with van der Waals surface area (Å²) >= 11 is 0. The van der Waals surface area contributed by atoms with Crippen molar-refractivity contribution < 1.29 is 10.2 Å². The van der Waals surface area contributed by atoms with Gasteiger partial charge in [0.25, 0.3) is 0 Å². The number of nitrogens with zero attached hydrogens (tertiary/aromatic N) is 3. The minimum Gasteiger partial charge on any atom is -0.395 e. The van der Waals surface area contributed by atoms with Crippen molar-refractivity contribution in [2.24, 2.45) is 0 Å². The Kier molecular flexibility index (Phi) is 5.50. The summed E-state index contributed by atoms with van der Waals surface area (Å²) in [7, 11) is 3.97. The van der Waals surface area contributed by atoms with Gasteiger partial charge in [-0.25, -0.2) is 4.98 Å². The SMILES string of the molecule is CN(C)c1ncc(CN(CCO)CCO)c2ccccc12. The van der Waals surface area contributed by atoms with Crippen molar-refractivity contribution in [3.05, 3.63) is 36.0 Å². The number of pyridine rings is 1. The molecule has 5 heteroatoms. The molecule has 0 saturated heterocycles. The number of rotatable bonds is 7. The molecule has 0 aliphatic carbocycles. The Morgan fingerprint density at radius 3 is 2.19 bits per heavy atom. The van der Waals surface area contributed by atoms with Crippen LogP contribution in [0.25, 0.3) is 10.8 Å². The summed E-state index contributed by atoms with van der Waals surface area (Å²) in [5.74, 6) is 0.949. The van der Waals surface area contributed by atoms with E-state index in [1.807, 2.05) is 42.2 Å². The van der Waals surface area contributed by atoms with E-state index in [-0.39, 0.29) is 13.2 Å². The number of aliphatic hydroxyl groups is 2. The third-order valence-electron chi connectivity index (χ3n) is 3.51. The van der Waals surface area contributed by atoms with Gasteiger partial charge in [0.2, 0.25) is 0 Å². The van der Waals surface area contributed by atoms with E-state index in [1.54, 1.807) is 0 Å². The molecule has 0 spiro atoms. The Balaban J connectivity index is 2.38. The minimum atomic E-state index is 0.0845. The Morgan fingerprint density at radius 1 is 1.00 bits per heavy atom. The largest absolute Gasteiger partial charge is 0.395 e. The predicted octanol–water partition coefficient (Wildman–Crippen LogP) is 1.09. The standard InChI is InChI=1S/C16H23N3O2/c1-18(2)16-15-6-4-3-5-14(15)13(11-17-16)12-19(7-9-20)8-10-21/h3-6,11,20-21H,7-10,12H2,1-2H3. The van der Waals surface area contributed by atoms with E-state index in [4.69, 9.17) is 10.2 Å². The number of hydrogen-bond donors (Lipinski definition) is 2. The highest BCUT2D eigenvalue weighted by atomic mass is 16.3. The van der Waals surface area contributed by atoms with Crippen LogP contribution < -0.4 is 4.90 Å². The quantitative estimate of drug-likeness (QED) is 0.799. The maximum atomic E-state index is 9.13. The van der Waals surface area contributed by atoms with Gasteiger partial charge in [-0.2, -0.15) is 0 Å². The number of hydrogen-bond acceptors (Lipinski definition) is 5. The zero-order valence-corrected chi connectivity index (χ0v) is 12.7. The number of aromatic nitrogens is 1. The van der Waals surface area contributed by atoms with E-state index in [0.717, 1.165) is 22.2 Å². The molecule has 2 rings (SSSR count). The summed E-state index contributed by atoms with van der Waals surface area (Å²) < 4.78 is 0. The van der Waals surface area contributed by atoms with E-state index in [0.29, 0.717) is 19.6 Å². The lowest BCUT2D eigenvalue weighted by molar-refractivity contribution is 0.156. The van der Waals surface area contributed by atoms with Gasteiger partial charge in [0.15, 0.2) is 0 Å². The van der Waals surface area contributed by atoms with E-state index < -0.39 is 0 Å². The monoisotopic (exact) mass is 289 g/mol. The molecule has 1 heterocycles. The van der Waals surface area contributed by atoms with Gasteiger partial charge in [0, 0.05) is 45.3 Å². The highest BCUT2D eigenvalue weighted by Crippen LogP contribution is 2.26. The molecule has 0 unspecified atom stereocenters. The summed E-state index contributed by atoms with van der Waals surface area (Å²) in [6.45, 7) is 1.93. The van der Waals surface area contributed by atoms with Crippen LogP contribution >= 0.6 is 0 Å². The molecule has 1 aromatic heterocycles. The summed E-state index contributed by atoms with van der Waals surface area (Å²) in [4.78, 5) is 8.59. The zero-order chi connectivity index (χ0) is 15.2. The van der Waals surface area contributed by atoms with Crippen LogP contribution in [-0.4, -0.2) is 60.5 Å². The maximum absolute atomic E-state index is 9.13. The summed E-state index contributed by atoms with van der Waals surface area (Å²) in [5.41, 5.74) is 1.11. The molecular formula is C16H23N3O2. The van der Waals surface area contributed by atoms with Crippen molar-refractivity contribution in [1.82, 2.24) is 9.88 Å². The van der Waals surface area contributed by atoms with Gasteiger partial charge in [-0.05, 0) is 10.9 Å². The Hall–Kier alpha value is -1.69. The van der Waals surface area contributed by atoms with Crippen molar-refractivity contribution in [1.29, 1.82) is 0 Å². The molecule has 114 valence electrons. The molecule has 1 aromatic carbocycles. The molecule has 0 atom stereocenters. The Morgan fingerprint density at radius 2 is 1.62 bits per heavy atom. The fourth-order valence-corrected chi connectivity index (χ4v) is 2.51. The fraction of sp³-hybridized carbons (Fsp3) is 0.438. The molecule has 0 fully saturated rings. The second-order valence-corrected chi connectivity index (χ2v) is 5.27. The molecule has 0 amide bonds. The van der Waals surface area contributed by atoms with Crippen molar-refractivity contribution in [2.75, 3.05) is 45.3 Å². The van der Waals surface area contributed by atoms with E-state index in [2.05, 4.69) is 17.1 Å². The first-order valence-electron chi connectivity index (χ1n) is 7.15. The highest BCUT2D eigenvalue weighted by molar-refractivity contribution is 5.94. The van der Waals surface area contributed by atoms with Crippen LogP contribution in [0.5, 0.6) is 0 Å². The minimum absolute atomic E-state index is 0.0845. The third-order valence-corrected chi connectivity index (χ3v) is 3.51. The van der Waals surface area contributed by atoms with Gasteiger partial charge >= 0.3 is 0 Å². The van der Waals surface area contributed by atoms with Crippen LogP contribution in [0, 0.1) is 0 Å². The molecule has 5 nitrogen and oxygen atoms in total. The molecule has 0 bridgehead atoms. The molecular weight excluding hydrogens is 266 g/mol. The third kappa shape index (κ3) is 3.69. The van der Waals surface area contributed by atoms with E-state index in [9.17, 15) is 0 Å². The van der Waals surface area contributed by atoms with Gasteiger partial charge in [0.05, 0.1) is 13.2 Å². The highest BCUT2D eigenvalue weighted by Gasteiger charge is 2.11. The molecule has 2 N–H and O–H groups in total. The lowest BCUT2D eigenvalue weighted by atomic mass is 10.1. The molecule has 0 saturated carbocycles. The van der Waals surface area contributed by atoms with Crippen molar-refractivity contribution in [3.63, 3.8) is 0 Å². The zero-order valence-electron chi connectivity index (χ0n) is 12.7. The number of aliphatic hydroxyl groups excluding tert-OH is 2. The normalized spacial score (nSPS) is 11.3. The Bertz CT molecular complexity index is 581. The molecule has 0 aliphatic heterocycles. The van der Waals surface area contributed by atoms with Crippen LogP contribution in [0.2, 0.25) is 0 Å². The Labute approximate surface area is 125 Å². The predicted molar refractivity (Wildman–Crippen MR) is 85.5 cm³/mol. The molecule has 21 heavy (non-hydrogen) atoms. The van der Waals surface area contributed by atoms with Gasteiger partial charge in [-0.1, -0.05) is 24.3 Å². The smallest absolute Gasteiger partial charge is 0.135 e.